The zero-order chi connectivity index (χ0) is 21.7. The fourth-order valence-electron chi connectivity index (χ4n) is 3.53. The van der Waals surface area contributed by atoms with Crippen LogP contribution in [0.1, 0.15) is 10.4 Å². The van der Waals surface area contributed by atoms with E-state index in [-0.39, 0.29) is 42.0 Å². The highest BCUT2D eigenvalue weighted by Crippen LogP contribution is 2.45. The van der Waals surface area contributed by atoms with Crippen LogP contribution in [0, 0.1) is 11.8 Å². The Morgan fingerprint density at radius 3 is 2.67 bits per heavy atom. The van der Waals surface area contributed by atoms with Gasteiger partial charge in [0.2, 0.25) is 5.95 Å². The van der Waals surface area contributed by atoms with E-state index < -0.39 is 52.4 Å². The average molecular weight is 460 g/mol. The summed E-state index contributed by atoms with van der Waals surface area (Å²) in [4.78, 5) is 30.2. The number of carboxylic acid groups (broad SMARTS) is 1. The number of benzene rings is 1. The summed E-state index contributed by atoms with van der Waals surface area (Å²) in [5, 5.41) is 18.7. The maximum atomic E-state index is 14.9. The number of fused-ring (bicyclic) bond motifs is 2. The Morgan fingerprint density at radius 2 is 1.97 bits per heavy atom. The Balaban J connectivity index is 1.82. The number of hydrogen-bond acceptors (Lipinski definition) is 5. The molecule has 0 radical (unpaired) electrons. The van der Waals surface area contributed by atoms with Gasteiger partial charge in [-0.2, -0.15) is 4.39 Å². The predicted molar refractivity (Wildman–Crippen MR) is 101 cm³/mol. The molecule has 1 atom stereocenters. The zero-order valence-corrected chi connectivity index (χ0v) is 16.5. The first-order valence-corrected chi connectivity index (χ1v) is 9.44. The highest BCUT2D eigenvalue weighted by molar-refractivity contribution is 6.36. The van der Waals surface area contributed by atoms with Crippen molar-refractivity contribution in [1.29, 1.82) is 0 Å². The van der Waals surface area contributed by atoms with Crippen LogP contribution < -0.4 is 4.74 Å². The van der Waals surface area contributed by atoms with Crippen LogP contribution in [0.5, 0.6) is 11.5 Å². The number of amides is 2. The monoisotopic (exact) mass is 459 g/mol. The van der Waals surface area contributed by atoms with Gasteiger partial charge >= 0.3 is 6.09 Å². The van der Waals surface area contributed by atoms with Gasteiger partial charge in [-0.15, -0.1) is 0 Å². The summed E-state index contributed by atoms with van der Waals surface area (Å²) in [5.74, 6) is -4.06. The fourth-order valence-corrected chi connectivity index (χ4v) is 3.97. The molecule has 158 valence electrons. The number of halogens is 4. The molecule has 0 bridgehead atoms. The van der Waals surface area contributed by atoms with E-state index in [0.717, 1.165) is 17.0 Å². The molecular formula is C18H13Cl2F2N3O5. The van der Waals surface area contributed by atoms with E-state index in [1.807, 2.05) is 0 Å². The Hall–Kier alpha value is -2.85. The zero-order valence-electron chi connectivity index (χ0n) is 15.0. The Morgan fingerprint density at radius 1 is 1.23 bits per heavy atom. The lowest BCUT2D eigenvalue weighted by atomic mass is 10.1. The van der Waals surface area contributed by atoms with E-state index in [1.54, 1.807) is 0 Å². The number of nitrogens with zero attached hydrogens (tertiary/aromatic N) is 3. The van der Waals surface area contributed by atoms with E-state index >= 15 is 0 Å². The normalized spacial score (nSPS) is 18.4. The van der Waals surface area contributed by atoms with Crippen LogP contribution in [0.25, 0.3) is 11.3 Å². The molecule has 1 fully saturated rings. The van der Waals surface area contributed by atoms with Gasteiger partial charge in [0.25, 0.3) is 5.91 Å². The average Bonchev–Trinajstić information content (AvgIpc) is 2.85. The number of carbonyl (C=O) groups excluding carboxylic acids is 1. The highest BCUT2D eigenvalue weighted by atomic mass is 35.5. The second kappa shape index (κ2) is 7.44. The van der Waals surface area contributed by atoms with Crippen molar-refractivity contribution in [2.45, 2.75) is 6.04 Å². The van der Waals surface area contributed by atoms with Gasteiger partial charge in [0.1, 0.15) is 34.5 Å². The number of rotatable bonds is 1. The molecule has 1 aromatic carbocycles. The lowest BCUT2D eigenvalue weighted by Gasteiger charge is -2.38. The Bertz CT molecular complexity index is 1080. The number of hydrogen-bond donors (Lipinski definition) is 2. The van der Waals surface area contributed by atoms with Crippen LogP contribution in [0.2, 0.25) is 10.0 Å². The maximum absolute atomic E-state index is 14.9. The minimum absolute atomic E-state index is 0.0289. The molecule has 2 N–H and O–H groups in total. The summed E-state index contributed by atoms with van der Waals surface area (Å²) < 4.78 is 34.8. The second-order valence-corrected chi connectivity index (χ2v) is 7.50. The van der Waals surface area contributed by atoms with E-state index in [9.17, 15) is 28.6 Å². The Labute approximate surface area is 178 Å². The van der Waals surface area contributed by atoms with E-state index in [2.05, 4.69) is 4.98 Å². The summed E-state index contributed by atoms with van der Waals surface area (Å²) in [6.07, 6.45) is -1.15. The summed E-state index contributed by atoms with van der Waals surface area (Å²) in [5.41, 5.74) is -1.56. The number of piperazine rings is 1. The van der Waals surface area contributed by atoms with E-state index in [1.165, 1.54) is 4.90 Å². The van der Waals surface area contributed by atoms with Crippen LogP contribution in [-0.4, -0.2) is 69.3 Å². The van der Waals surface area contributed by atoms with Gasteiger partial charge in [-0.25, -0.2) is 14.2 Å². The minimum Gasteiger partial charge on any atom is -0.506 e. The summed E-state index contributed by atoms with van der Waals surface area (Å²) in [6, 6.07) is 1.38. The molecule has 12 heteroatoms. The predicted octanol–water partition coefficient (Wildman–Crippen LogP) is 3.24. The van der Waals surface area contributed by atoms with Crippen LogP contribution in [0.15, 0.2) is 12.1 Å². The molecule has 0 spiro atoms. The number of carbonyl (C=O) groups is 2. The molecule has 0 aliphatic carbocycles. The molecule has 1 aromatic heterocycles. The molecular weight excluding hydrogens is 447 g/mol. The lowest BCUT2D eigenvalue weighted by Crippen LogP contribution is -2.57. The molecule has 3 heterocycles. The summed E-state index contributed by atoms with van der Waals surface area (Å²) in [7, 11) is 0. The molecule has 30 heavy (non-hydrogen) atoms. The molecule has 2 aliphatic heterocycles. The first-order valence-electron chi connectivity index (χ1n) is 8.68. The van der Waals surface area contributed by atoms with Gasteiger partial charge in [-0.05, 0) is 12.1 Å². The third-order valence-electron chi connectivity index (χ3n) is 5.01. The van der Waals surface area contributed by atoms with Gasteiger partial charge in [0.05, 0.1) is 16.6 Å². The van der Waals surface area contributed by atoms with E-state index in [4.69, 9.17) is 27.9 Å². The van der Waals surface area contributed by atoms with Gasteiger partial charge in [-0.3, -0.25) is 4.79 Å². The van der Waals surface area contributed by atoms with Gasteiger partial charge in [-0.1, -0.05) is 23.2 Å². The van der Waals surface area contributed by atoms with Crippen LogP contribution >= 0.6 is 23.2 Å². The maximum Gasteiger partial charge on any atom is 0.407 e. The molecule has 2 aromatic rings. The van der Waals surface area contributed by atoms with Crippen LogP contribution in [0.4, 0.5) is 13.6 Å². The van der Waals surface area contributed by atoms with Gasteiger partial charge < -0.3 is 24.7 Å². The topological polar surface area (TPSA) is 103 Å². The van der Waals surface area contributed by atoms with Gasteiger partial charge in [0, 0.05) is 19.6 Å². The first kappa shape index (κ1) is 20.4. The molecule has 8 nitrogen and oxygen atoms in total. The Kier molecular flexibility index (Phi) is 5.07. The van der Waals surface area contributed by atoms with Crippen molar-refractivity contribution < 1.29 is 33.3 Å². The van der Waals surface area contributed by atoms with Crippen molar-refractivity contribution in [2.24, 2.45) is 0 Å². The summed E-state index contributed by atoms with van der Waals surface area (Å²) >= 11 is 12.1. The molecule has 2 amide bonds. The lowest BCUT2D eigenvalue weighted by molar-refractivity contribution is 0.0388. The highest BCUT2D eigenvalue weighted by Gasteiger charge is 2.40. The number of aromatic nitrogens is 1. The van der Waals surface area contributed by atoms with Gasteiger partial charge in [0.15, 0.2) is 5.75 Å². The molecule has 0 saturated carbocycles. The van der Waals surface area contributed by atoms with Crippen molar-refractivity contribution >= 4 is 35.2 Å². The SMILES string of the molecule is O=C(O)N1CCN2C(=O)c3c(F)nc(-c4c(F)ccc(Cl)c4O)c(Cl)c3OC[C@H]2C1. The number of pyridine rings is 1. The van der Waals surface area contributed by atoms with Crippen molar-refractivity contribution in [3.05, 3.63) is 39.5 Å². The largest absolute Gasteiger partial charge is 0.506 e. The quantitative estimate of drug-likeness (QED) is 0.634. The van der Waals surface area contributed by atoms with Crippen molar-refractivity contribution in [3.63, 3.8) is 0 Å². The number of aromatic hydroxyl groups is 1. The van der Waals surface area contributed by atoms with Crippen molar-refractivity contribution in [1.82, 2.24) is 14.8 Å². The fraction of sp³-hybridized carbons (Fsp3) is 0.278. The third kappa shape index (κ3) is 3.16. The number of ether oxygens (including phenoxy) is 1. The standard InChI is InChI=1S/C18H13Cl2F2N3O5/c19-8-1-2-9(21)10(14(8)26)13-12(20)15-11(16(22)23-13)17(27)25-4-3-24(18(28)29)5-7(25)6-30-15/h1-2,7,26H,3-6H2,(H,28,29)/t7-/m1/s1. The molecule has 0 unspecified atom stereocenters. The third-order valence-corrected chi connectivity index (χ3v) is 5.67. The van der Waals surface area contributed by atoms with Crippen LogP contribution in [-0.2, 0) is 0 Å². The van der Waals surface area contributed by atoms with E-state index in [0.29, 0.717) is 0 Å². The minimum atomic E-state index is -1.27. The molecule has 2 aliphatic rings. The summed E-state index contributed by atoms with van der Waals surface area (Å²) in [6.45, 7) is -0.121. The first-order chi connectivity index (χ1) is 14.2. The second-order valence-electron chi connectivity index (χ2n) is 6.71. The molecule has 1 saturated heterocycles. The molecule has 4 rings (SSSR count). The van der Waals surface area contributed by atoms with Crippen molar-refractivity contribution in [2.75, 3.05) is 26.2 Å². The number of phenolic OH excluding ortho intramolecular Hbond substituents is 1. The smallest absolute Gasteiger partial charge is 0.407 e. The van der Waals surface area contributed by atoms with Crippen molar-refractivity contribution in [3.8, 4) is 22.8 Å². The van der Waals surface area contributed by atoms with Crippen LogP contribution in [0.3, 0.4) is 0 Å². The number of phenols is 1.